The summed E-state index contributed by atoms with van der Waals surface area (Å²) in [6.45, 7) is 2.64. The van der Waals surface area contributed by atoms with E-state index in [0.717, 1.165) is 10.5 Å². The van der Waals surface area contributed by atoms with E-state index in [1.165, 1.54) is 11.6 Å². The number of likely N-dealkylation sites (tertiary alicyclic amines) is 1. The van der Waals surface area contributed by atoms with E-state index in [1.807, 2.05) is 13.1 Å². The van der Waals surface area contributed by atoms with Crippen molar-refractivity contribution in [1.82, 2.24) is 4.90 Å². The monoisotopic (exact) mass is 409 g/mol. The molecule has 5 nitrogen and oxygen atoms in total. The lowest BCUT2D eigenvalue weighted by atomic mass is 9.59. The molecular formula is C23H23NO4S. The molecule has 1 saturated heterocycles. The Morgan fingerprint density at radius 2 is 1.83 bits per heavy atom. The van der Waals surface area contributed by atoms with E-state index in [-0.39, 0.29) is 46.7 Å². The van der Waals surface area contributed by atoms with Crippen LogP contribution in [0.3, 0.4) is 0 Å². The van der Waals surface area contributed by atoms with Crippen LogP contribution in [0, 0.1) is 12.8 Å². The highest BCUT2D eigenvalue weighted by Crippen LogP contribution is 2.63. The van der Waals surface area contributed by atoms with Gasteiger partial charge in [0.2, 0.25) is 0 Å². The summed E-state index contributed by atoms with van der Waals surface area (Å²) < 4.78 is 0. The van der Waals surface area contributed by atoms with E-state index in [2.05, 4.69) is 36.1 Å². The van der Waals surface area contributed by atoms with Gasteiger partial charge in [-0.25, -0.2) is 0 Å². The van der Waals surface area contributed by atoms with E-state index in [1.54, 1.807) is 17.8 Å². The van der Waals surface area contributed by atoms with Gasteiger partial charge in [0.1, 0.15) is 0 Å². The van der Waals surface area contributed by atoms with Crippen molar-refractivity contribution in [1.29, 1.82) is 0 Å². The molecule has 2 aliphatic carbocycles. The number of aliphatic hydroxyl groups excluding tert-OH is 1. The third-order valence-corrected chi connectivity index (χ3v) is 8.06. The van der Waals surface area contributed by atoms with E-state index in [4.69, 9.17) is 0 Å². The highest BCUT2D eigenvalue weighted by molar-refractivity contribution is 7.99. The lowest BCUT2D eigenvalue weighted by Crippen LogP contribution is -2.46. The smallest absolute Gasteiger partial charge is 0.197 e. The van der Waals surface area contributed by atoms with Crippen LogP contribution in [0.25, 0.3) is 0 Å². The summed E-state index contributed by atoms with van der Waals surface area (Å²) in [5.74, 6) is -0.927. The molecule has 29 heavy (non-hydrogen) atoms. The maximum absolute atomic E-state index is 12.5. The zero-order valence-electron chi connectivity index (χ0n) is 16.3. The van der Waals surface area contributed by atoms with Crippen molar-refractivity contribution in [2.45, 2.75) is 34.9 Å². The minimum Gasteiger partial charge on any atom is -0.505 e. The molecule has 0 aromatic heterocycles. The third kappa shape index (κ3) is 2.55. The first-order chi connectivity index (χ1) is 13.8. The lowest BCUT2D eigenvalue weighted by molar-refractivity contribution is -0.120. The zero-order chi connectivity index (χ0) is 20.5. The fourth-order valence-electron chi connectivity index (χ4n) is 5.52. The summed E-state index contributed by atoms with van der Waals surface area (Å²) in [6, 6.07) is 11.8. The molecule has 1 heterocycles. The molecule has 150 valence electrons. The van der Waals surface area contributed by atoms with Crippen molar-refractivity contribution in [2.24, 2.45) is 5.92 Å². The minimum atomic E-state index is -0.634. The zero-order valence-corrected chi connectivity index (χ0v) is 17.1. The van der Waals surface area contributed by atoms with Gasteiger partial charge in [0, 0.05) is 40.8 Å². The van der Waals surface area contributed by atoms with Crippen LogP contribution in [-0.2, 0) is 10.2 Å². The topological polar surface area (TPSA) is 81.0 Å². The molecular weight excluding hydrogens is 386 g/mol. The molecule has 5 rings (SSSR count). The molecule has 3 aliphatic rings. The van der Waals surface area contributed by atoms with Crippen LogP contribution < -0.4 is 0 Å². The van der Waals surface area contributed by atoms with Gasteiger partial charge in [-0.15, -0.1) is 11.8 Å². The molecule has 2 aromatic carbocycles. The Bertz CT molecular complexity index is 1050. The van der Waals surface area contributed by atoms with Crippen LogP contribution in [0.1, 0.15) is 28.4 Å². The van der Waals surface area contributed by atoms with E-state index in [9.17, 15) is 20.1 Å². The van der Waals surface area contributed by atoms with Crippen molar-refractivity contribution in [2.75, 3.05) is 13.6 Å². The highest BCUT2D eigenvalue weighted by atomic mass is 32.2. The maximum Gasteiger partial charge on any atom is 0.197 e. The molecule has 1 aliphatic heterocycles. The van der Waals surface area contributed by atoms with Crippen molar-refractivity contribution < 1.29 is 20.1 Å². The fourth-order valence-corrected chi connectivity index (χ4v) is 6.95. The van der Waals surface area contributed by atoms with Crippen molar-refractivity contribution in [3.8, 4) is 11.5 Å². The van der Waals surface area contributed by atoms with Gasteiger partial charge in [0.05, 0.1) is 5.25 Å². The van der Waals surface area contributed by atoms with Gasteiger partial charge < -0.3 is 20.2 Å². The number of phenols is 2. The van der Waals surface area contributed by atoms with Crippen LogP contribution in [-0.4, -0.2) is 45.6 Å². The summed E-state index contributed by atoms with van der Waals surface area (Å²) in [5.41, 5.74) is 2.17. The number of fused-ring (bicyclic) bond motifs is 1. The minimum absolute atomic E-state index is 0.0120. The molecule has 0 amide bonds. The number of carbonyl (C=O) groups is 1. The van der Waals surface area contributed by atoms with Gasteiger partial charge in [0.15, 0.2) is 23.0 Å². The normalized spacial score (nSPS) is 30.6. The van der Waals surface area contributed by atoms with Gasteiger partial charge in [-0.05, 0) is 43.8 Å². The molecule has 1 fully saturated rings. The number of hydrogen-bond donors (Lipinski definition) is 3. The van der Waals surface area contributed by atoms with Crippen molar-refractivity contribution in [3.05, 3.63) is 64.9 Å². The quantitative estimate of drug-likeness (QED) is 0.654. The molecule has 0 radical (unpaired) electrons. The predicted octanol–water partition coefficient (Wildman–Crippen LogP) is 3.84. The number of nitrogens with zero attached hydrogens (tertiary/aromatic N) is 1. The first-order valence-corrected chi connectivity index (χ1v) is 10.6. The summed E-state index contributed by atoms with van der Waals surface area (Å²) in [6.07, 6.45) is 1.81. The summed E-state index contributed by atoms with van der Waals surface area (Å²) >= 11 is 1.72. The number of benzene rings is 2. The Labute approximate surface area is 173 Å². The number of thioether (sulfide) groups is 1. The van der Waals surface area contributed by atoms with Gasteiger partial charge in [0.25, 0.3) is 0 Å². The van der Waals surface area contributed by atoms with Gasteiger partial charge in [-0.3, -0.25) is 4.79 Å². The largest absolute Gasteiger partial charge is 0.505 e. The van der Waals surface area contributed by atoms with Crippen LogP contribution in [0.15, 0.2) is 53.1 Å². The van der Waals surface area contributed by atoms with Crippen LogP contribution in [0.2, 0.25) is 0 Å². The molecule has 3 N–H and O–H groups in total. The second kappa shape index (κ2) is 6.28. The number of hydrogen-bond acceptors (Lipinski definition) is 6. The lowest BCUT2D eigenvalue weighted by Gasteiger charge is -2.45. The molecule has 4 atom stereocenters. The molecule has 6 heteroatoms. The number of aryl methyl sites for hydroxylation is 1. The summed E-state index contributed by atoms with van der Waals surface area (Å²) in [4.78, 5) is 15.8. The molecule has 0 spiro atoms. The van der Waals surface area contributed by atoms with Crippen molar-refractivity contribution in [3.63, 3.8) is 0 Å². The SMILES string of the molecule is Cc1ccc(S[C@@H]2c3ccc(O)c(O)c3[C@]34CC(=O)C(O)=C[C@@H]3[C@H]2N(C)C4)cc1. The number of ketones is 1. The Hall–Kier alpha value is -2.44. The predicted molar refractivity (Wildman–Crippen MR) is 111 cm³/mol. The maximum atomic E-state index is 12.5. The second-order valence-corrected chi connectivity index (χ2v) is 9.70. The third-order valence-electron chi connectivity index (χ3n) is 6.73. The molecule has 2 aromatic rings. The van der Waals surface area contributed by atoms with E-state index < -0.39 is 5.41 Å². The fraction of sp³-hybridized carbons (Fsp3) is 0.348. The van der Waals surface area contributed by atoms with Crippen LogP contribution >= 0.6 is 11.8 Å². The number of aromatic hydroxyl groups is 2. The Morgan fingerprint density at radius 3 is 2.55 bits per heavy atom. The first-order valence-electron chi connectivity index (χ1n) is 9.75. The Kier molecular flexibility index (Phi) is 4.02. The van der Waals surface area contributed by atoms with E-state index in [0.29, 0.717) is 12.1 Å². The van der Waals surface area contributed by atoms with E-state index >= 15 is 0 Å². The van der Waals surface area contributed by atoms with Crippen molar-refractivity contribution >= 4 is 17.5 Å². The van der Waals surface area contributed by atoms with Crippen LogP contribution in [0.4, 0.5) is 0 Å². The number of rotatable bonds is 2. The number of aliphatic hydroxyl groups is 1. The second-order valence-electron chi connectivity index (χ2n) is 8.49. The number of allylic oxidation sites excluding steroid dienone is 1. The average molecular weight is 410 g/mol. The Balaban J connectivity index is 1.72. The standard InChI is InChI=1S/C23H23NO4S/c1-12-3-5-13(6-4-12)29-22-14-7-8-16(25)21(28)19(14)23-10-18(27)17(26)9-15(23)20(22)24(2)11-23/h3-9,15,20,22,25-26,28H,10-11H2,1-2H3/t15-,20-,22-,23+/m1/s1. The average Bonchev–Trinajstić information content (AvgIpc) is 2.90. The Morgan fingerprint density at radius 1 is 1.10 bits per heavy atom. The highest BCUT2D eigenvalue weighted by Gasteiger charge is 2.62. The van der Waals surface area contributed by atoms with Gasteiger partial charge in [-0.1, -0.05) is 23.8 Å². The molecule has 0 unspecified atom stereocenters. The number of phenolic OH excluding ortho intramolecular Hbond substituents is 2. The summed E-state index contributed by atoms with van der Waals surface area (Å²) in [5, 5.41) is 31.3. The summed E-state index contributed by atoms with van der Waals surface area (Å²) in [7, 11) is 2.03. The van der Waals surface area contributed by atoms with Crippen LogP contribution in [0.5, 0.6) is 11.5 Å². The molecule has 0 saturated carbocycles. The molecule has 2 bridgehead atoms. The van der Waals surface area contributed by atoms with Gasteiger partial charge in [-0.2, -0.15) is 0 Å². The number of carbonyl (C=O) groups excluding carboxylic acids is 1. The first kappa shape index (κ1) is 18.6. The van der Waals surface area contributed by atoms with Gasteiger partial charge >= 0.3 is 0 Å². The number of Topliss-reactive ketones (excluding diaryl/α,β-unsaturated/α-hetero) is 1. The number of likely N-dealkylation sites (N-methyl/N-ethyl adjacent to an activating group) is 1.